The third-order valence-corrected chi connectivity index (χ3v) is 3.42. The van der Waals surface area contributed by atoms with E-state index in [4.69, 9.17) is 9.47 Å². The van der Waals surface area contributed by atoms with Crippen molar-refractivity contribution < 1.29 is 28.7 Å². The molecule has 1 aromatic heterocycles. The summed E-state index contributed by atoms with van der Waals surface area (Å²) in [5.74, 6) is 0.145. The topological polar surface area (TPSA) is 127 Å². The molecule has 10 nitrogen and oxygen atoms in total. The predicted octanol–water partition coefficient (Wildman–Crippen LogP) is 1.52. The van der Waals surface area contributed by atoms with Crippen LogP contribution in [0.3, 0.4) is 0 Å². The van der Waals surface area contributed by atoms with Crippen LogP contribution in [0.25, 0.3) is 0 Å². The van der Waals surface area contributed by atoms with Crippen LogP contribution in [-0.2, 0) is 9.47 Å². The molecule has 1 N–H and O–H groups in total. The number of nitro groups is 1. The number of anilines is 1. The standard InChI is InChI=1S/C17H19N3O7/c1-25-17(21)13-3-2-4-15(11-13)27-10-9-26-8-6-18-16-12-14(20(23)24)5-7-19(16)22/h2-5,7,11-12,18H,6,8-10H2,1H3. The molecule has 0 aliphatic rings. The van der Waals surface area contributed by atoms with Crippen molar-refractivity contribution in [1.29, 1.82) is 0 Å². The normalized spacial score (nSPS) is 10.3. The van der Waals surface area contributed by atoms with Crippen molar-refractivity contribution in [2.24, 2.45) is 0 Å². The fourth-order valence-electron chi connectivity index (χ4n) is 2.12. The predicted molar refractivity (Wildman–Crippen MR) is 94.6 cm³/mol. The molecule has 0 radical (unpaired) electrons. The van der Waals surface area contributed by atoms with Crippen LogP contribution in [0.4, 0.5) is 11.5 Å². The molecule has 0 fully saturated rings. The number of rotatable bonds is 10. The summed E-state index contributed by atoms with van der Waals surface area (Å²) in [6.07, 6.45) is 1.07. The molecule has 2 aromatic rings. The smallest absolute Gasteiger partial charge is 0.337 e. The number of hydrogen-bond donors (Lipinski definition) is 1. The highest BCUT2D eigenvalue weighted by Crippen LogP contribution is 2.14. The van der Waals surface area contributed by atoms with Crippen molar-refractivity contribution in [3.05, 3.63) is 63.5 Å². The number of hydrogen-bond acceptors (Lipinski definition) is 8. The van der Waals surface area contributed by atoms with Crippen molar-refractivity contribution in [1.82, 2.24) is 0 Å². The summed E-state index contributed by atoms with van der Waals surface area (Å²) in [5.41, 5.74) is 0.219. The Morgan fingerprint density at radius 2 is 2.04 bits per heavy atom. The van der Waals surface area contributed by atoms with Crippen LogP contribution in [-0.4, -0.2) is 44.4 Å². The van der Waals surface area contributed by atoms with Crippen LogP contribution in [0, 0.1) is 15.3 Å². The van der Waals surface area contributed by atoms with Gasteiger partial charge in [-0.1, -0.05) is 6.07 Å². The van der Waals surface area contributed by atoms with Gasteiger partial charge in [0, 0.05) is 0 Å². The summed E-state index contributed by atoms with van der Waals surface area (Å²) in [5, 5.41) is 25.0. The average molecular weight is 377 g/mol. The van der Waals surface area contributed by atoms with E-state index < -0.39 is 10.9 Å². The van der Waals surface area contributed by atoms with Gasteiger partial charge in [-0.25, -0.2) is 9.52 Å². The highest BCUT2D eigenvalue weighted by atomic mass is 16.6. The lowest BCUT2D eigenvalue weighted by Crippen LogP contribution is -2.31. The van der Waals surface area contributed by atoms with Gasteiger partial charge in [0.25, 0.3) is 11.5 Å². The van der Waals surface area contributed by atoms with Crippen LogP contribution >= 0.6 is 0 Å². The maximum absolute atomic E-state index is 11.6. The van der Waals surface area contributed by atoms with Crippen LogP contribution in [0.1, 0.15) is 10.4 Å². The number of aromatic nitrogens is 1. The molecule has 0 atom stereocenters. The second kappa shape index (κ2) is 9.92. The zero-order valence-corrected chi connectivity index (χ0v) is 14.6. The van der Waals surface area contributed by atoms with Crippen LogP contribution in [0.2, 0.25) is 0 Å². The lowest BCUT2D eigenvalue weighted by molar-refractivity contribution is -0.591. The van der Waals surface area contributed by atoms with Gasteiger partial charge in [0.15, 0.2) is 0 Å². The number of nitrogens with zero attached hydrogens (tertiary/aromatic N) is 2. The van der Waals surface area contributed by atoms with Crippen LogP contribution in [0.15, 0.2) is 42.6 Å². The Morgan fingerprint density at radius 1 is 1.22 bits per heavy atom. The van der Waals surface area contributed by atoms with E-state index in [1.807, 2.05) is 0 Å². The Hall–Kier alpha value is -3.40. The summed E-state index contributed by atoms with van der Waals surface area (Å²) in [7, 11) is 1.31. The molecule has 144 valence electrons. The number of methoxy groups -OCH3 is 1. The second-order valence-electron chi connectivity index (χ2n) is 5.26. The largest absolute Gasteiger partial charge is 0.711 e. The second-order valence-corrected chi connectivity index (χ2v) is 5.26. The van der Waals surface area contributed by atoms with Gasteiger partial charge in [-0.05, 0) is 18.2 Å². The molecule has 0 saturated heterocycles. The van der Waals surface area contributed by atoms with Gasteiger partial charge in [-0.3, -0.25) is 15.4 Å². The molecule has 0 aliphatic carbocycles. The molecule has 1 heterocycles. The van der Waals surface area contributed by atoms with E-state index in [9.17, 15) is 20.1 Å². The molecule has 0 aliphatic heterocycles. The van der Waals surface area contributed by atoms with E-state index in [-0.39, 0.29) is 31.3 Å². The molecule has 0 spiro atoms. The minimum absolute atomic E-state index is 0.0728. The number of esters is 1. The Kier molecular flexibility index (Phi) is 7.32. The van der Waals surface area contributed by atoms with Crippen molar-refractivity contribution in [2.75, 3.05) is 38.8 Å². The van der Waals surface area contributed by atoms with Crippen molar-refractivity contribution in [2.45, 2.75) is 0 Å². The third kappa shape index (κ3) is 6.12. The number of ether oxygens (including phenoxy) is 3. The van der Waals surface area contributed by atoms with Crippen LogP contribution in [0.5, 0.6) is 5.75 Å². The number of nitrogens with one attached hydrogen (secondary N) is 1. The van der Waals surface area contributed by atoms with Crippen LogP contribution < -0.4 is 14.8 Å². The van der Waals surface area contributed by atoms with E-state index in [2.05, 4.69) is 10.1 Å². The molecule has 0 bridgehead atoms. The molecule has 10 heteroatoms. The Bertz CT molecular complexity index is 798. The molecule has 0 unspecified atom stereocenters. The van der Waals surface area contributed by atoms with Gasteiger partial charge < -0.3 is 19.4 Å². The highest BCUT2D eigenvalue weighted by molar-refractivity contribution is 5.89. The quantitative estimate of drug-likeness (QED) is 0.165. The summed E-state index contributed by atoms with van der Waals surface area (Å²) in [6, 6.07) is 8.87. The summed E-state index contributed by atoms with van der Waals surface area (Å²) >= 11 is 0. The molecule has 27 heavy (non-hydrogen) atoms. The van der Waals surface area contributed by atoms with Gasteiger partial charge in [-0.2, -0.15) is 0 Å². The summed E-state index contributed by atoms with van der Waals surface area (Å²) in [4.78, 5) is 21.6. The minimum Gasteiger partial charge on any atom is -0.711 e. The van der Waals surface area contributed by atoms with E-state index in [1.54, 1.807) is 24.3 Å². The first kappa shape index (κ1) is 19.9. The number of carbonyl (C=O) groups is 1. The first-order valence-corrected chi connectivity index (χ1v) is 8.01. The zero-order valence-electron chi connectivity index (χ0n) is 14.6. The Labute approximate surface area is 155 Å². The lowest BCUT2D eigenvalue weighted by atomic mass is 10.2. The fourth-order valence-corrected chi connectivity index (χ4v) is 2.12. The lowest BCUT2D eigenvalue weighted by Gasteiger charge is -2.09. The van der Waals surface area contributed by atoms with Crippen molar-refractivity contribution >= 4 is 17.5 Å². The maximum Gasteiger partial charge on any atom is 0.337 e. The third-order valence-electron chi connectivity index (χ3n) is 3.42. The highest BCUT2D eigenvalue weighted by Gasteiger charge is 2.12. The Balaban J connectivity index is 1.68. The number of pyridine rings is 1. The molecule has 0 saturated carbocycles. The molecule has 1 aromatic carbocycles. The maximum atomic E-state index is 11.6. The average Bonchev–Trinajstić information content (AvgIpc) is 2.67. The van der Waals surface area contributed by atoms with E-state index in [1.165, 1.54) is 7.11 Å². The van der Waals surface area contributed by atoms with Gasteiger partial charge >= 0.3 is 5.97 Å². The van der Waals surface area contributed by atoms with E-state index >= 15 is 0 Å². The minimum atomic E-state index is -0.575. The summed E-state index contributed by atoms with van der Waals surface area (Å²) < 4.78 is 16.0. The van der Waals surface area contributed by atoms with E-state index in [0.29, 0.717) is 22.6 Å². The summed E-state index contributed by atoms with van der Waals surface area (Å²) in [6.45, 7) is 1.12. The van der Waals surface area contributed by atoms with Gasteiger partial charge in [0.1, 0.15) is 31.2 Å². The monoisotopic (exact) mass is 377 g/mol. The molecule has 2 rings (SSSR count). The number of benzene rings is 1. The van der Waals surface area contributed by atoms with Crippen molar-refractivity contribution in [3.63, 3.8) is 0 Å². The van der Waals surface area contributed by atoms with Gasteiger partial charge in [0.2, 0.25) is 0 Å². The SMILES string of the molecule is COC(=O)c1cccc(OCCOCCNc2cc([N+](=O)[O-])cc[n+]2[O-])c1. The molecular formula is C17H19N3O7. The number of carbonyl (C=O) groups excluding carboxylic acids is 1. The van der Waals surface area contributed by atoms with Gasteiger partial charge in [0.05, 0.1) is 36.9 Å². The molecular weight excluding hydrogens is 358 g/mol. The first-order chi connectivity index (χ1) is 13.0. The first-order valence-electron chi connectivity index (χ1n) is 8.01. The van der Waals surface area contributed by atoms with E-state index in [0.717, 1.165) is 18.3 Å². The van der Waals surface area contributed by atoms with Gasteiger partial charge in [-0.15, -0.1) is 0 Å². The molecule has 0 amide bonds. The van der Waals surface area contributed by atoms with Crippen molar-refractivity contribution in [3.8, 4) is 5.75 Å². The zero-order chi connectivity index (χ0) is 19.6. The fraction of sp³-hybridized carbons (Fsp3) is 0.294. The Morgan fingerprint density at radius 3 is 2.78 bits per heavy atom.